The lowest BCUT2D eigenvalue weighted by Crippen LogP contribution is -2.20. The number of hydrogen-bond acceptors (Lipinski definition) is 4. The molecule has 0 bridgehead atoms. The fourth-order valence-electron chi connectivity index (χ4n) is 1.48. The second kappa shape index (κ2) is 6.02. The first-order valence-corrected chi connectivity index (χ1v) is 6.00. The molecule has 0 aromatic heterocycles. The molecule has 0 heterocycles. The third-order valence-corrected chi connectivity index (χ3v) is 2.64. The quantitative estimate of drug-likeness (QED) is 0.671. The zero-order valence-electron chi connectivity index (χ0n) is 10.1. The highest BCUT2D eigenvalue weighted by molar-refractivity contribution is 9.10. The first-order chi connectivity index (χ1) is 7.95. The molecule has 2 N–H and O–H groups in total. The molecule has 4 nitrogen and oxygen atoms in total. The molecular formula is C12H16BrNO3. The molecule has 1 aromatic carbocycles. The highest BCUT2D eigenvalue weighted by Crippen LogP contribution is 2.31. The van der Waals surface area contributed by atoms with Crippen LogP contribution in [0.4, 0.5) is 5.69 Å². The van der Waals surface area contributed by atoms with Crippen molar-refractivity contribution in [3.63, 3.8) is 0 Å². The molecule has 0 aliphatic rings. The van der Waals surface area contributed by atoms with Crippen molar-refractivity contribution < 1.29 is 14.3 Å². The number of carbonyl (C=O) groups excluding carboxylic acids is 1. The van der Waals surface area contributed by atoms with E-state index in [9.17, 15) is 4.79 Å². The normalized spacial score (nSPS) is 12.2. The Labute approximate surface area is 109 Å². The molecule has 1 unspecified atom stereocenters. The van der Waals surface area contributed by atoms with E-state index >= 15 is 0 Å². The summed E-state index contributed by atoms with van der Waals surface area (Å²) in [6.07, 6.45) is -0.165. The van der Waals surface area contributed by atoms with Crippen LogP contribution in [0, 0.1) is 0 Å². The van der Waals surface area contributed by atoms with Gasteiger partial charge in [-0.2, -0.15) is 0 Å². The first-order valence-electron chi connectivity index (χ1n) is 5.21. The van der Waals surface area contributed by atoms with E-state index in [0.29, 0.717) is 23.6 Å². The van der Waals surface area contributed by atoms with Gasteiger partial charge in [-0.05, 0) is 26.0 Å². The van der Waals surface area contributed by atoms with Crippen molar-refractivity contribution in [1.29, 1.82) is 0 Å². The Morgan fingerprint density at radius 2 is 2.18 bits per heavy atom. The van der Waals surface area contributed by atoms with Gasteiger partial charge in [0.1, 0.15) is 6.10 Å². The van der Waals surface area contributed by atoms with Crippen LogP contribution in [0.15, 0.2) is 16.6 Å². The van der Waals surface area contributed by atoms with Crippen LogP contribution in [0.1, 0.15) is 24.2 Å². The molecule has 94 valence electrons. The van der Waals surface area contributed by atoms with Crippen molar-refractivity contribution in [3.05, 3.63) is 22.2 Å². The number of benzene rings is 1. The predicted molar refractivity (Wildman–Crippen MR) is 70.5 cm³/mol. The van der Waals surface area contributed by atoms with E-state index in [-0.39, 0.29) is 11.9 Å². The smallest absolute Gasteiger partial charge is 0.163 e. The second-order valence-electron chi connectivity index (χ2n) is 3.81. The van der Waals surface area contributed by atoms with Gasteiger partial charge in [-0.1, -0.05) is 15.9 Å². The standard InChI is InChI=1S/C12H16BrNO3/c1-7(6-16-3)17-12-10(8(2)15)4-9(13)5-11(12)14/h4-5,7H,6,14H2,1-3H3. The molecule has 17 heavy (non-hydrogen) atoms. The van der Waals surface area contributed by atoms with Gasteiger partial charge in [0.2, 0.25) is 0 Å². The molecule has 0 spiro atoms. The van der Waals surface area contributed by atoms with Gasteiger partial charge in [0, 0.05) is 11.6 Å². The summed E-state index contributed by atoms with van der Waals surface area (Å²) < 4.78 is 11.4. The highest BCUT2D eigenvalue weighted by atomic mass is 79.9. The number of rotatable bonds is 5. The van der Waals surface area contributed by atoms with E-state index in [1.54, 1.807) is 19.2 Å². The Morgan fingerprint density at radius 3 is 2.71 bits per heavy atom. The number of nitrogen functional groups attached to an aromatic ring is 1. The molecule has 0 aliphatic heterocycles. The fourth-order valence-corrected chi connectivity index (χ4v) is 1.95. The molecule has 0 saturated carbocycles. The number of halogens is 1. The Hall–Kier alpha value is -1.07. The molecule has 0 fully saturated rings. The Kier molecular flexibility index (Phi) is 4.96. The minimum Gasteiger partial charge on any atom is -0.485 e. The lowest BCUT2D eigenvalue weighted by Gasteiger charge is -2.18. The number of anilines is 1. The summed E-state index contributed by atoms with van der Waals surface area (Å²) in [6, 6.07) is 3.41. The van der Waals surface area contributed by atoms with Gasteiger partial charge in [-0.15, -0.1) is 0 Å². The Balaban J connectivity index is 3.08. The largest absolute Gasteiger partial charge is 0.485 e. The molecule has 1 atom stereocenters. The minimum atomic E-state index is -0.165. The van der Waals surface area contributed by atoms with Gasteiger partial charge >= 0.3 is 0 Å². The number of ether oxygens (including phenoxy) is 2. The van der Waals surface area contributed by atoms with Crippen LogP contribution in [0.3, 0.4) is 0 Å². The molecule has 5 heteroatoms. The van der Waals surface area contributed by atoms with E-state index in [0.717, 1.165) is 4.47 Å². The topological polar surface area (TPSA) is 61.6 Å². The molecule has 1 rings (SSSR count). The van der Waals surface area contributed by atoms with Crippen molar-refractivity contribution in [2.45, 2.75) is 20.0 Å². The molecule has 0 saturated heterocycles. The lowest BCUT2D eigenvalue weighted by molar-refractivity contribution is 0.0893. The molecular weight excluding hydrogens is 286 g/mol. The van der Waals surface area contributed by atoms with Crippen molar-refractivity contribution in [2.75, 3.05) is 19.5 Å². The summed E-state index contributed by atoms with van der Waals surface area (Å²) in [5, 5.41) is 0. The SMILES string of the molecule is COCC(C)Oc1c(N)cc(Br)cc1C(C)=O. The third-order valence-electron chi connectivity index (χ3n) is 2.18. The van der Waals surface area contributed by atoms with E-state index in [2.05, 4.69) is 15.9 Å². The van der Waals surface area contributed by atoms with Crippen LogP contribution in [0.2, 0.25) is 0 Å². The van der Waals surface area contributed by atoms with Crippen LogP contribution in [-0.4, -0.2) is 25.6 Å². The van der Waals surface area contributed by atoms with Crippen LogP contribution >= 0.6 is 15.9 Å². The average molecular weight is 302 g/mol. The van der Waals surface area contributed by atoms with E-state index in [1.165, 1.54) is 6.92 Å². The van der Waals surface area contributed by atoms with Crippen LogP contribution in [0.25, 0.3) is 0 Å². The number of ketones is 1. The predicted octanol–water partition coefficient (Wildman–Crippen LogP) is 2.65. The zero-order chi connectivity index (χ0) is 13.0. The monoisotopic (exact) mass is 301 g/mol. The van der Waals surface area contributed by atoms with Crippen LogP contribution in [0.5, 0.6) is 5.75 Å². The van der Waals surface area contributed by atoms with Gasteiger partial charge in [0.25, 0.3) is 0 Å². The molecule has 0 radical (unpaired) electrons. The first kappa shape index (κ1) is 14.0. The van der Waals surface area contributed by atoms with Crippen LogP contribution in [-0.2, 0) is 4.74 Å². The average Bonchev–Trinajstić information content (AvgIpc) is 2.21. The summed E-state index contributed by atoms with van der Waals surface area (Å²) in [7, 11) is 1.59. The van der Waals surface area contributed by atoms with E-state index in [4.69, 9.17) is 15.2 Å². The summed E-state index contributed by atoms with van der Waals surface area (Å²) in [5.74, 6) is 0.336. The highest BCUT2D eigenvalue weighted by Gasteiger charge is 2.16. The van der Waals surface area contributed by atoms with Crippen LogP contribution < -0.4 is 10.5 Å². The van der Waals surface area contributed by atoms with Gasteiger partial charge in [0.05, 0.1) is 17.9 Å². The zero-order valence-corrected chi connectivity index (χ0v) is 11.7. The maximum absolute atomic E-state index is 11.5. The summed E-state index contributed by atoms with van der Waals surface area (Å²) >= 11 is 3.30. The summed E-state index contributed by atoms with van der Waals surface area (Å²) in [6.45, 7) is 3.77. The second-order valence-corrected chi connectivity index (χ2v) is 4.73. The fraction of sp³-hybridized carbons (Fsp3) is 0.417. The van der Waals surface area contributed by atoms with E-state index in [1.807, 2.05) is 6.92 Å². The summed E-state index contributed by atoms with van der Waals surface area (Å²) in [5.41, 5.74) is 6.77. The third kappa shape index (κ3) is 3.71. The van der Waals surface area contributed by atoms with Gasteiger partial charge < -0.3 is 15.2 Å². The number of hydrogen-bond donors (Lipinski definition) is 1. The minimum absolute atomic E-state index is 0.0855. The number of nitrogens with two attached hydrogens (primary N) is 1. The number of carbonyl (C=O) groups is 1. The maximum Gasteiger partial charge on any atom is 0.163 e. The Morgan fingerprint density at radius 1 is 1.53 bits per heavy atom. The molecule has 1 aromatic rings. The van der Waals surface area contributed by atoms with Crippen molar-refractivity contribution in [2.24, 2.45) is 0 Å². The number of Topliss-reactive ketones (excluding diaryl/α,β-unsaturated/α-hetero) is 1. The van der Waals surface area contributed by atoms with Crippen molar-refractivity contribution in [3.8, 4) is 5.75 Å². The molecule has 0 aliphatic carbocycles. The van der Waals surface area contributed by atoms with Gasteiger partial charge in [-0.3, -0.25) is 4.79 Å². The number of methoxy groups -OCH3 is 1. The summed E-state index contributed by atoms with van der Waals surface area (Å²) in [4.78, 5) is 11.5. The Bertz CT molecular complexity index is 420. The van der Waals surface area contributed by atoms with Crippen molar-refractivity contribution >= 4 is 27.4 Å². The van der Waals surface area contributed by atoms with Gasteiger partial charge in [0.15, 0.2) is 11.5 Å². The van der Waals surface area contributed by atoms with E-state index < -0.39 is 0 Å². The lowest BCUT2D eigenvalue weighted by atomic mass is 10.1. The van der Waals surface area contributed by atoms with Crippen molar-refractivity contribution in [1.82, 2.24) is 0 Å². The maximum atomic E-state index is 11.5. The van der Waals surface area contributed by atoms with Gasteiger partial charge in [-0.25, -0.2) is 0 Å². The molecule has 0 amide bonds.